The van der Waals surface area contributed by atoms with Gasteiger partial charge < -0.3 is 15.4 Å². The minimum Gasteiger partial charge on any atom is -0.380 e. The highest BCUT2D eigenvalue weighted by molar-refractivity contribution is 5.31. The third kappa shape index (κ3) is 2.24. The summed E-state index contributed by atoms with van der Waals surface area (Å²) in [5.41, 5.74) is 6.44. The highest BCUT2D eigenvalue weighted by Gasteiger charge is 2.23. The van der Waals surface area contributed by atoms with Gasteiger partial charge in [-0.05, 0) is 6.42 Å². The zero-order chi connectivity index (χ0) is 10.7. The molecule has 1 unspecified atom stereocenters. The zero-order valence-electron chi connectivity index (χ0n) is 8.89. The van der Waals surface area contributed by atoms with Crippen LogP contribution in [0.4, 0.5) is 5.95 Å². The summed E-state index contributed by atoms with van der Waals surface area (Å²) in [5, 5.41) is 0. The van der Waals surface area contributed by atoms with Crippen molar-refractivity contribution in [3.05, 3.63) is 18.0 Å². The SMILES string of the molecule is COC1CCN(c2ncc(CN)cn2)C1. The molecule has 2 N–H and O–H groups in total. The first-order valence-electron chi connectivity index (χ1n) is 5.12. The van der Waals surface area contributed by atoms with Gasteiger partial charge in [0.15, 0.2) is 0 Å². The zero-order valence-corrected chi connectivity index (χ0v) is 8.89. The number of hydrogen-bond donors (Lipinski definition) is 1. The summed E-state index contributed by atoms with van der Waals surface area (Å²) in [6, 6.07) is 0. The molecule has 0 saturated carbocycles. The van der Waals surface area contributed by atoms with Crippen molar-refractivity contribution in [3.63, 3.8) is 0 Å². The Balaban J connectivity index is 2.04. The van der Waals surface area contributed by atoms with Crippen LogP contribution in [0.2, 0.25) is 0 Å². The van der Waals surface area contributed by atoms with Crippen molar-refractivity contribution in [3.8, 4) is 0 Å². The number of ether oxygens (including phenoxy) is 1. The topological polar surface area (TPSA) is 64.3 Å². The van der Waals surface area contributed by atoms with Crippen LogP contribution in [-0.4, -0.2) is 36.3 Å². The Kier molecular flexibility index (Phi) is 3.13. The summed E-state index contributed by atoms with van der Waals surface area (Å²) in [4.78, 5) is 10.7. The molecule has 1 aromatic rings. The lowest BCUT2D eigenvalue weighted by molar-refractivity contribution is 0.121. The molecule has 5 heteroatoms. The van der Waals surface area contributed by atoms with Crippen molar-refractivity contribution >= 4 is 5.95 Å². The molecule has 0 radical (unpaired) electrons. The van der Waals surface area contributed by atoms with E-state index in [0.717, 1.165) is 31.0 Å². The van der Waals surface area contributed by atoms with E-state index < -0.39 is 0 Å². The molecule has 1 aliphatic rings. The number of nitrogens with two attached hydrogens (primary N) is 1. The van der Waals surface area contributed by atoms with Crippen LogP contribution < -0.4 is 10.6 Å². The number of anilines is 1. The second-order valence-corrected chi connectivity index (χ2v) is 3.69. The van der Waals surface area contributed by atoms with Crippen LogP contribution in [-0.2, 0) is 11.3 Å². The Hall–Kier alpha value is -1.20. The summed E-state index contributed by atoms with van der Waals surface area (Å²) < 4.78 is 5.29. The Morgan fingerprint density at radius 2 is 2.27 bits per heavy atom. The molecule has 1 aliphatic heterocycles. The largest absolute Gasteiger partial charge is 0.380 e. The molecule has 2 heterocycles. The molecule has 2 rings (SSSR count). The van der Waals surface area contributed by atoms with Crippen LogP contribution >= 0.6 is 0 Å². The Labute approximate surface area is 89.3 Å². The molecule has 5 nitrogen and oxygen atoms in total. The number of methoxy groups -OCH3 is 1. The molecule has 0 amide bonds. The average molecular weight is 208 g/mol. The van der Waals surface area contributed by atoms with Gasteiger partial charge in [-0.15, -0.1) is 0 Å². The van der Waals surface area contributed by atoms with Crippen LogP contribution in [0.5, 0.6) is 0 Å². The van der Waals surface area contributed by atoms with Crippen molar-refractivity contribution in [2.45, 2.75) is 19.1 Å². The first kappa shape index (κ1) is 10.3. The smallest absolute Gasteiger partial charge is 0.225 e. The number of hydrogen-bond acceptors (Lipinski definition) is 5. The van der Waals surface area contributed by atoms with Gasteiger partial charge in [0, 0.05) is 44.7 Å². The molecule has 0 aliphatic carbocycles. The summed E-state index contributed by atoms with van der Waals surface area (Å²) in [7, 11) is 1.74. The Morgan fingerprint density at radius 1 is 1.53 bits per heavy atom. The van der Waals surface area contributed by atoms with Crippen molar-refractivity contribution in [2.24, 2.45) is 5.73 Å². The van der Waals surface area contributed by atoms with Crippen LogP contribution in [0, 0.1) is 0 Å². The van der Waals surface area contributed by atoms with Crippen LogP contribution in [0.1, 0.15) is 12.0 Å². The van der Waals surface area contributed by atoms with E-state index in [-0.39, 0.29) is 0 Å². The fraction of sp³-hybridized carbons (Fsp3) is 0.600. The lowest BCUT2D eigenvalue weighted by Gasteiger charge is -2.15. The lowest BCUT2D eigenvalue weighted by atomic mass is 10.3. The van der Waals surface area contributed by atoms with Gasteiger partial charge in [0.25, 0.3) is 0 Å². The van der Waals surface area contributed by atoms with Gasteiger partial charge in [-0.25, -0.2) is 9.97 Å². The third-order valence-electron chi connectivity index (χ3n) is 2.69. The predicted molar refractivity (Wildman–Crippen MR) is 57.6 cm³/mol. The number of nitrogens with zero attached hydrogens (tertiary/aromatic N) is 3. The molecule has 1 aromatic heterocycles. The third-order valence-corrected chi connectivity index (χ3v) is 2.69. The second kappa shape index (κ2) is 4.55. The minimum atomic E-state index is 0.308. The van der Waals surface area contributed by atoms with Gasteiger partial charge in [-0.2, -0.15) is 0 Å². The summed E-state index contributed by atoms with van der Waals surface area (Å²) in [5.74, 6) is 0.770. The van der Waals surface area contributed by atoms with Crippen LogP contribution in [0.3, 0.4) is 0 Å². The highest BCUT2D eigenvalue weighted by Crippen LogP contribution is 2.17. The summed E-state index contributed by atoms with van der Waals surface area (Å²) >= 11 is 0. The predicted octanol–water partition coefficient (Wildman–Crippen LogP) is 0.160. The maximum atomic E-state index is 5.48. The minimum absolute atomic E-state index is 0.308. The Bertz CT molecular complexity index is 314. The number of aromatic nitrogens is 2. The van der Waals surface area contributed by atoms with E-state index in [1.165, 1.54) is 0 Å². The van der Waals surface area contributed by atoms with E-state index >= 15 is 0 Å². The van der Waals surface area contributed by atoms with E-state index in [1.54, 1.807) is 19.5 Å². The number of rotatable bonds is 3. The maximum Gasteiger partial charge on any atom is 0.225 e. The van der Waals surface area contributed by atoms with Crippen molar-refractivity contribution < 1.29 is 4.74 Å². The van der Waals surface area contributed by atoms with Gasteiger partial charge in [-0.1, -0.05) is 0 Å². The van der Waals surface area contributed by atoms with Crippen LogP contribution in [0.25, 0.3) is 0 Å². The maximum absolute atomic E-state index is 5.48. The fourth-order valence-corrected chi connectivity index (χ4v) is 1.72. The van der Waals surface area contributed by atoms with Gasteiger partial charge in [0.1, 0.15) is 0 Å². The van der Waals surface area contributed by atoms with Gasteiger partial charge in [-0.3, -0.25) is 0 Å². The molecular formula is C10H16N4O. The second-order valence-electron chi connectivity index (χ2n) is 3.69. The first-order valence-corrected chi connectivity index (χ1v) is 5.12. The van der Waals surface area contributed by atoms with Gasteiger partial charge in [0.2, 0.25) is 5.95 Å². The van der Waals surface area contributed by atoms with Crippen molar-refractivity contribution in [1.29, 1.82) is 0 Å². The van der Waals surface area contributed by atoms with E-state index in [4.69, 9.17) is 10.5 Å². The lowest BCUT2D eigenvalue weighted by Crippen LogP contribution is -2.24. The molecular weight excluding hydrogens is 192 g/mol. The first-order chi connectivity index (χ1) is 7.33. The molecule has 0 aromatic carbocycles. The molecule has 1 fully saturated rings. The quantitative estimate of drug-likeness (QED) is 0.766. The van der Waals surface area contributed by atoms with Crippen molar-refractivity contribution in [2.75, 3.05) is 25.1 Å². The Morgan fingerprint density at radius 3 is 2.80 bits per heavy atom. The molecule has 15 heavy (non-hydrogen) atoms. The fourth-order valence-electron chi connectivity index (χ4n) is 1.72. The van der Waals surface area contributed by atoms with Gasteiger partial charge in [0.05, 0.1) is 6.10 Å². The summed E-state index contributed by atoms with van der Waals surface area (Å²) in [6.07, 6.45) is 4.91. The average Bonchev–Trinajstić information content (AvgIpc) is 2.78. The monoisotopic (exact) mass is 208 g/mol. The molecule has 82 valence electrons. The highest BCUT2D eigenvalue weighted by atomic mass is 16.5. The standard InChI is InChI=1S/C10H16N4O/c1-15-9-2-3-14(7-9)10-12-5-8(4-11)6-13-10/h5-6,9H,2-4,7,11H2,1H3. The van der Waals surface area contributed by atoms with Crippen molar-refractivity contribution in [1.82, 2.24) is 9.97 Å². The molecule has 0 bridgehead atoms. The van der Waals surface area contributed by atoms with E-state index in [1.807, 2.05) is 0 Å². The van der Waals surface area contributed by atoms with E-state index in [0.29, 0.717) is 12.6 Å². The van der Waals surface area contributed by atoms with E-state index in [2.05, 4.69) is 14.9 Å². The normalized spacial score (nSPS) is 20.9. The van der Waals surface area contributed by atoms with Crippen LogP contribution in [0.15, 0.2) is 12.4 Å². The molecule has 1 saturated heterocycles. The van der Waals surface area contributed by atoms with E-state index in [9.17, 15) is 0 Å². The van der Waals surface area contributed by atoms with Gasteiger partial charge >= 0.3 is 0 Å². The molecule has 1 atom stereocenters. The summed E-state index contributed by atoms with van der Waals surface area (Å²) in [6.45, 7) is 2.32. The molecule has 0 spiro atoms.